The Morgan fingerprint density at radius 2 is 1.78 bits per heavy atom. The number of amides is 1. The van der Waals surface area contributed by atoms with Crippen molar-refractivity contribution in [2.24, 2.45) is 5.92 Å². The maximum absolute atomic E-state index is 12.4. The maximum atomic E-state index is 12.4. The molecule has 4 N–H and O–H groups in total. The number of carbonyl (C=O) groups excluding carboxylic acids is 2. The average Bonchev–Trinajstić information content (AvgIpc) is 3.16. The molecule has 192 valence electrons. The summed E-state index contributed by atoms with van der Waals surface area (Å²) in [6, 6.07) is 14.1. The zero-order valence-electron chi connectivity index (χ0n) is 21.3. The van der Waals surface area contributed by atoms with Crippen LogP contribution >= 0.6 is 0 Å². The van der Waals surface area contributed by atoms with Crippen LogP contribution in [0.1, 0.15) is 54.4 Å². The summed E-state index contributed by atoms with van der Waals surface area (Å²) in [5, 5.41) is 15.4. The molecule has 0 spiro atoms. The average molecular weight is 500 g/mol. The van der Waals surface area contributed by atoms with Gasteiger partial charge in [-0.05, 0) is 67.8 Å². The molecule has 8 heteroatoms. The summed E-state index contributed by atoms with van der Waals surface area (Å²) in [5.74, 6) is 1.83. The van der Waals surface area contributed by atoms with E-state index in [-0.39, 0.29) is 11.7 Å². The Hall–Kier alpha value is -4.20. The van der Waals surface area contributed by atoms with Crippen molar-refractivity contribution >= 4 is 34.7 Å². The first kappa shape index (κ1) is 25.9. The van der Waals surface area contributed by atoms with Crippen LogP contribution in [0.15, 0.2) is 54.7 Å². The fourth-order valence-corrected chi connectivity index (χ4v) is 4.34. The van der Waals surface area contributed by atoms with Gasteiger partial charge in [-0.3, -0.25) is 4.79 Å². The molecule has 0 bridgehead atoms. The number of imidazole rings is 1. The lowest BCUT2D eigenvalue weighted by Gasteiger charge is -2.07. The fourth-order valence-electron chi connectivity index (χ4n) is 4.34. The highest BCUT2D eigenvalue weighted by molar-refractivity contribution is 6.04. The van der Waals surface area contributed by atoms with Crippen LogP contribution in [-0.2, 0) is 4.79 Å². The van der Waals surface area contributed by atoms with Gasteiger partial charge in [-0.25, -0.2) is 9.97 Å². The zero-order valence-corrected chi connectivity index (χ0v) is 21.3. The van der Waals surface area contributed by atoms with Crippen molar-refractivity contribution < 1.29 is 14.7 Å². The van der Waals surface area contributed by atoms with Crippen LogP contribution in [0, 0.1) is 12.8 Å². The molecule has 2 aromatic heterocycles. The van der Waals surface area contributed by atoms with Crippen LogP contribution in [0.4, 0.5) is 11.5 Å². The maximum Gasteiger partial charge on any atom is 0.255 e. The van der Waals surface area contributed by atoms with Gasteiger partial charge in [-0.1, -0.05) is 25.7 Å². The van der Waals surface area contributed by atoms with Gasteiger partial charge in [0.25, 0.3) is 5.91 Å². The number of anilines is 2. The smallest absolute Gasteiger partial charge is 0.255 e. The Labute approximate surface area is 216 Å². The highest BCUT2D eigenvalue weighted by atomic mass is 16.3. The third-order valence-corrected chi connectivity index (χ3v) is 6.59. The van der Waals surface area contributed by atoms with E-state index in [9.17, 15) is 14.7 Å². The van der Waals surface area contributed by atoms with E-state index >= 15 is 0 Å². The summed E-state index contributed by atoms with van der Waals surface area (Å²) in [5.41, 5.74) is 4.41. The fraction of sp³-hybridized carbons (Fsp3) is 0.310. The number of pyridine rings is 1. The molecule has 0 aliphatic heterocycles. The number of phenols is 1. The van der Waals surface area contributed by atoms with Gasteiger partial charge in [0.1, 0.15) is 23.7 Å². The van der Waals surface area contributed by atoms with Crippen LogP contribution in [0.2, 0.25) is 0 Å². The van der Waals surface area contributed by atoms with Crippen LogP contribution in [0.25, 0.3) is 22.4 Å². The highest BCUT2D eigenvalue weighted by Gasteiger charge is 2.11. The number of hydrogen-bond donors (Lipinski definition) is 4. The van der Waals surface area contributed by atoms with E-state index in [1.165, 1.54) is 31.7 Å². The van der Waals surface area contributed by atoms with Crippen molar-refractivity contribution in [3.05, 3.63) is 65.9 Å². The quantitative estimate of drug-likeness (QED) is 0.195. The van der Waals surface area contributed by atoms with Gasteiger partial charge in [-0.15, -0.1) is 0 Å². The first-order valence-corrected chi connectivity index (χ1v) is 12.7. The Morgan fingerprint density at radius 3 is 2.43 bits per heavy atom. The Bertz CT molecular complexity index is 1360. The molecule has 2 aromatic carbocycles. The van der Waals surface area contributed by atoms with E-state index in [4.69, 9.17) is 0 Å². The van der Waals surface area contributed by atoms with Crippen molar-refractivity contribution in [1.29, 1.82) is 0 Å². The predicted molar refractivity (Wildman–Crippen MR) is 147 cm³/mol. The second-order valence-electron chi connectivity index (χ2n) is 9.34. The summed E-state index contributed by atoms with van der Waals surface area (Å²) in [6.07, 6.45) is 10.4. The third kappa shape index (κ3) is 6.73. The number of fused-ring (bicyclic) bond motifs is 1. The van der Waals surface area contributed by atoms with Gasteiger partial charge in [0.15, 0.2) is 0 Å². The van der Waals surface area contributed by atoms with Gasteiger partial charge in [-0.2, -0.15) is 0 Å². The van der Waals surface area contributed by atoms with Crippen molar-refractivity contribution in [2.45, 2.75) is 45.4 Å². The molecule has 0 radical (unpaired) electrons. The molecule has 0 unspecified atom stereocenters. The second kappa shape index (κ2) is 12.2. The van der Waals surface area contributed by atoms with E-state index in [2.05, 4.69) is 25.6 Å². The largest absolute Gasteiger partial charge is 0.508 e. The minimum atomic E-state index is -0.231. The predicted octanol–water partition coefficient (Wildman–Crippen LogP) is 6.09. The van der Waals surface area contributed by atoms with Crippen LogP contribution in [0.5, 0.6) is 5.75 Å². The van der Waals surface area contributed by atoms with Crippen molar-refractivity contribution in [3.63, 3.8) is 0 Å². The monoisotopic (exact) mass is 499 g/mol. The molecular weight excluding hydrogens is 466 g/mol. The molecule has 2 heterocycles. The lowest BCUT2D eigenvalue weighted by molar-refractivity contribution is -0.111. The van der Waals surface area contributed by atoms with E-state index in [1.54, 1.807) is 25.3 Å². The molecule has 1 fully saturated rings. The van der Waals surface area contributed by atoms with Crippen molar-refractivity contribution in [3.8, 4) is 17.1 Å². The Kier molecular flexibility index (Phi) is 8.51. The number of nitrogens with zero attached hydrogens (tertiary/aromatic N) is 2. The standard InChI is InChI=1S/C21H19N5O2.C8H14O/c1-12-9-14(5-8-18(12)27)21(28)24-15-6-3-13(4-7-15)20-25-16-10-19(22-2)23-11-17(16)26-20;9-7-8-5-3-1-2-4-6-8/h3-11,27H,1-2H3,(H,22,23)(H,24,28)(H,25,26);7-8H,1-6H2. The van der Waals surface area contributed by atoms with Crippen LogP contribution < -0.4 is 10.6 Å². The number of carbonyl (C=O) groups is 2. The summed E-state index contributed by atoms with van der Waals surface area (Å²) < 4.78 is 0. The molecule has 1 aliphatic rings. The highest BCUT2D eigenvalue weighted by Crippen LogP contribution is 2.24. The van der Waals surface area contributed by atoms with Crippen molar-refractivity contribution in [2.75, 3.05) is 17.7 Å². The molecule has 1 amide bonds. The van der Waals surface area contributed by atoms with E-state index in [0.29, 0.717) is 22.7 Å². The number of hydrogen-bond acceptors (Lipinski definition) is 6. The van der Waals surface area contributed by atoms with Gasteiger partial charge in [0, 0.05) is 35.8 Å². The molecule has 8 nitrogen and oxygen atoms in total. The van der Waals surface area contributed by atoms with Crippen LogP contribution in [0.3, 0.4) is 0 Å². The number of benzene rings is 2. The topological polar surface area (TPSA) is 120 Å². The zero-order chi connectivity index (χ0) is 26.2. The lowest BCUT2D eigenvalue weighted by atomic mass is 10.0. The van der Waals surface area contributed by atoms with E-state index < -0.39 is 0 Å². The minimum absolute atomic E-state index is 0.170. The molecule has 1 saturated carbocycles. The van der Waals surface area contributed by atoms with Gasteiger partial charge in [0.2, 0.25) is 0 Å². The number of H-pyrrole nitrogens is 1. The summed E-state index contributed by atoms with van der Waals surface area (Å²) in [4.78, 5) is 34.8. The number of rotatable bonds is 5. The Morgan fingerprint density at radius 1 is 1.05 bits per heavy atom. The van der Waals surface area contributed by atoms with E-state index in [1.807, 2.05) is 37.4 Å². The number of aromatic amines is 1. The van der Waals surface area contributed by atoms with Crippen LogP contribution in [-0.4, -0.2) is 39.3 Å². The molecule has 0 atom stereocenters. The molecular formula is C29H33N5O3. The van der Waals surface area contributed by atoms with E-state index in [0.717, 1.165) is 47.4 Å². The lowest BCUT2D eigenvalue weighted by Crippen LogP contribution is -2.11. The number of aryl methyl sites for hydroxylation is 1. The first-order chi connectivity index (χ1) is 18.0. The molecule has 1 aliphatic carbocycles. The molecule has 5 rings (SSSR count). The van der Waals surface area contributed by atoms with Gasteiger partial charge < -0.3 is 25.5 Å². The first-order valence-electron chi connectivity index (χ1n) is 12.7. The van der Waals surface area contributed by atoms with Crippen molar-refractivity contribution in [1.82, 2.24) is 15.0 Å². The SMILES string of the molecule is CNc1cc2nc(-c3ccc(NC(=O)c4ccc(O)c(C)c4)cc3)[nH]c2cn1.O=CC1CCCCCC1. The van der Waals surface area contributed by atoms with Gasteiger partial charge in [0.05, 0.1) is 17.2 Å². The summed E-state index contributed by atoms with van der Waals surface area (Å²) in [7, 11) is 1.81. The van der Waals surface area contributed by atoms with Gasteiger partial charge >= 0.3 is 0 Å². The molecule has 0 saturated heterocycles. The normalized spacial score (nSPS) is 13.8. The number of nitrogens with one attached hydrogen (secondary N) is 3. The number of aldehydes is 1. The molecule has 37 heavy (non-hydrogen) atoms. The number of aromatic nitrogens is 3. The summed E-state index contributed by atoms with van der Waals surface area (Å²) in [6.45, 7) is 1.75. The summed E-state index contributed by atoms with van der Waals surface area (Å²) >= 11 is 0. The number of phenolic OH excluding ortho intramolecular Hbond substituents is 1. The second-order valence-corrected chi connectivity index (χ2v) is 9.34. The molecule has 4 aromatic rings. The minimum Gasteiger partial charge on any atom is -0.508 e. The number of aromatic hydroxyl groups is 1. The Balaban J connectivity index is 0.000000301. The third-order valence-electron chi connectivity index (χ3n) is 6.59.